The molecule has 9 heteroatoms. The maximum Gasteiger partial charge on any atom is 0.291 e. The standard InChI is InChI=1S/C21H20BrN5O3/c1-11-14-8-12(22)4-5-15(14)30-18(11)19(29)25-13-6-7-24-16(9-13)21(2)10-17(28)27(3)20(23)26-21/h4-9H,10H2,1-3H3,(H2,23,26)(H,24,25,29). The van der Waals surface area contributed by atoms with Gasteiger partial charge in [0.15, 0.2) is 11.7 Å². The molecule has 0 fully saturated rings. The van der Waals surface area contributed by atoms with E-state index in [1.165, 1.54) is 4.90 Å². The monoisotopic (exact) mass is 469 g/mol. The highest BCUT2D eigenvalue weighted by Crippen LogP contribution is 2.33. The lowest BCUT2D eigenvalue weighted by atomic mass is 9.91. The van der Waals surface area contributed by atoms with Crippen molar-refractivity contribution < 1.29 is 14.0 Å². The van der Waals surface area contributed by atoms with E-state index in [-0.39, 0.29) is 30.0 Å². The average Bonchev–Trinajstić information content (AvgIpc) is 3.02. The van der Waals surface area contributed by atoms with Gasteiger partial charge in [-0.15, -0.1) is 0 Å². The minimum absolute atomic E-state index is 0.131. The Kier molecular flexibility index (Phi) is 4.85. The van der Waals surface area contributed by atoms with Crippen LogP contribution in [0.5, 0.6) is 0 Å². The second-order valence-electron chi connectivity index (χ2n) is 7.45. The summed E-state index contributed by atoms with van der Waals surface area (Å²) in [6.07, 6.45) is 1.69. The van der Waals surface area contributed by atoms with Crippen molar-refractivity contribution in [2.45, 2.75) is 25.8 Å². The fraction of sp³-hybridized carbons (Fsp3) is 0.238. The molecule has 154 valence electrons. The van der Waals surface area contributed by atoms with Gasteiger partial charge in [0.1, 0.15) is 11.1 Å². The average molecular weight is 470 g/mol. The third kappa shape index (κ3) is 3.45. The minimum Gasteiger partial charge on any atom is -0.451 e. The first-order chi connectivity index (χ1) is 14.2. The summed E-state index contributed by atoms with van der Waals surface area (Å²) in [5.74, 6) is -0.145. The number of carbonyl (C=O) groups is 2. The zero-order valence-corrected chi connectivity index (χ0v) is 18.3. The van der Waals surface area contributed by atoms with Crippen molar-refractivity contribution in [1.29, 1.82) is 0 Å². The zero-order chi connectivity index (χ0) is 21.6. The lowest BCUT2D eigenvalue weighted by Crippen LogP contribution is -2.47. The van der Waals surface area contributed by atoms with Crippen LogP contribution in [-0.2, 0) is 10.3 Å². The number of guanidine groups is 1. The molecule has 1 aliphatic rings. The number of hydrogen-bond donors (Lipinski definition) is 2. The van der Waals surface area contributed by atoms with Gasteiger partial charge < -0.3 is 15.5 Å². The number of halogens is 1. The second-order valence-corrected chi connectivity index (χ2v) is 8.37. The van der Waals surface area contributed by atoms with Crippen LogP contribution in [0.25, 0.3) is 11.0 Å². The first-order valence-electron chi connectivity index (χ1n) is 9.26. The molecule has 1 aromatic carbocycles. The van der Waals surface area contributed by atoms with Crippen molar-refractivity contribution in [2.24, 2.45) is 10.7 Å². The summed E-state index contributed by atoms with van der Waals surface area (Å²) in [7, 11) is 1.58. The van der Waals surface area contributed by atoms with Gasteiger partial charge in [0, 0.05) is 34.4 Å². The molecule has 0 aliphatic carbocycles. The molecular weight excluding hydrogens is 450 g/mol. The predicted molar refractivity (Wildman–Crippen MR) is 117 cm³/mol. The fourth-order valence-corrected chi connectivity index (χ4v) is 3.82. The number of anilines is 1. The molecule has 8 nitrogen and oxygen atoms in total. The summed E-state index contributed by atoms with van der Waals surface area (Å²) in [5.41, 5.74) is 7.42. The number of aromatic nitrogens is 1. The van der Waals surface area contributed by atoms with Crippen molar-refractivity contribution in [3.8, 4) is 0 Å². The summed E-state index contributed by atoms with van der Waals surface area (Å²) in [5, 5.41) is 3.71. The first-order valence-corrected chi connectivity index (χ1v) is 10.1. The maximum atomic E-state index is 12.9. The van der Waals surface area contributed by atoms with Gasteiger partial charge in [-0.2, -0.15) is 0 Å². The molecule has 0 bridgehead atoms. The molecule has 4 rings (SSSR count). The molecule has 3 aromatic rings. The van der Waals surface area contributed by atoms with Gasteiger partial charge in [0.25, 0.3) is 5.91 Å². The third-order valence-electron chi connectivity index (χ3n) is 5.25. The van der Waals surface area contributed by atoms with E-state index >= 15 is 0 Å². The Bertz CT molecular complexity index is 1220. The maximum absolute atomic E-state index is 12.9. The third-order valence-corrected chi connectivity index (χ3v) is 5.74. The summed E-state index contributed by atoms with van der Waals surface area (Å²) >= 11 is 3.43. The van der Waals surface area contributed by atoms with Crippen molar-refractivity contribution in [3.05, 3.63) is 58.0 Å². The number of benzene rings is 1. The highest BCUT2D eigenvalue weighted by molar-refractivity contribution is 9.10. The van der Waals surface area contributed by atoms with Crippen LogP contribution in [0.15, 0.2) is 50.4 Å². The largest absolute Gasteiger partial charge is 0.451 e. The Morgan fingerprint density at radius 3 is 2.83 bits per heavy atom. The Hall–Kier alpha value is -3.20. The van der Waals surface area contributed by atoms with Gasteiger partial charge in [-0.1, -0.05) is 15.9 Å². The molecule has 1 aliphatic heterocycles. The van der Waals surface area contributed by atoms with Crippen LogP contribution in [0.1, 0.15) is 35.2 Å². The van der Waals surface area contributed by atoms with E-state index in [4.69, 9.17) is 10.2 Å². The van der Waals surface area contributed by atoms with E-state index in [9.17, 15) is 9.59 Å². The number of aryl methyl sites for hydroxylation is 1. The van der Waals surface area contributed by atoms with E-state index in [0.29, 0.717) is 17.0 Å². The number of hydrogen-bond acceptors (Lipinski definition) is 6. The molecule has 0 saturated carbocycles. The molecule has 0 radical (unpaired) electrons. The zero-order valence-electron chi connectivity index (χ0n) is 16.7. The van der Waals surface area contributed by atoms with Crippen LogP contribution in [0.2, 0.25) is 0 Å². The summed E-state index contributed by atoms with van der Waals surface area (Å²) < 4.78 is 6.66. The Balaban J connectivity index is 1.63. The summed E-state index contributed by atoms with van der Waals surface area (Å²) in [6, 6.07) is 8.95. The van der Waals surface area contributed by atoms with Gasteiger partial charge >= 0.3 is 0 Å². The van der Waals surface area contributed by atoms with E-state index in [1.54, 1.807) is 32.3 Å². The van der Waals surface area contributed by atoms with Crippen LogP contribution in [-0.4, -0.2) is 34.7 Å². The van der Waals surface area contributed by atoms with Crippen molar-refractivity contribution in [3.63, 3.8) is 0 Å². The highest BCUT2D eigenvalue weighted by atomic mass is 79.9. The SMILES string of the molecule is Cc1c(C(=O)Nc2ccnc(C3(C)CC(=O)N(C)C(N)=N3)c2)oc2ccc(Br)cc12. The normalized spacial score (nSPS) is 19.1. The van der Waals surface area contributed by atoms with Gasteiger partial charge in [-0.25, -0.2) is 4.99 Å². The summed E-state index contributed by atoms with van der Waals surface area (Å²) in [6.45, 7) is 3.63. The van der Waals surface area contributed by atoms with E-state index in [1.807, 2.05) is 25.1 Å². The number of nitrogens with two attached hydrogens (primary N) is 1. The molecule has 1 unspecified atom stereocenters. The Labute approximate surface area is 181 Å². The molecule has 2 amide bonds. The van der Waals surface area contributed by atoms with Crippen molar-refractivity contribution in [2.75, 3.05) is 12.4 Å². The smallest absolute Gasteiger partial charge is 0.291 e. The number of carbonyl (C=O) groups excluding carboxylic acids is 2. The van der Waals surface area contributed by atoms with Gasteiger partial charge in [-0.05, 0) is 44.2 Å². The van der Waals surface area contributed by atoms with E-state index in [0.717, 1.165) is 15.4 Å². The van der Waals surface area contributed by atoms with Gasteiger partial charge in [-0.3, -0.25) is 19.5 Å². The first kappa shape index (κ1) is 20.1. The molecule has 1 atom stereocenters. The Morgan fingerprint density at radius 1 is 1.33 bits per heavy atom. The lowest BCUT2D eigenvalue weighted by Gasteiger charge is -2.32. The van der Waals surface area contributed by atoms with Crippen molar-refractivity contribution >= 4 is 50.4 Å². The van der Waals surface area contributed by atoms with E-state index in [2.05, 4.69) is 31.2 Å². The fourth-order valence-electron chi connectivity index (χ4n) is 3.46. The molecule has 0 spiro atoms. The van der Waals surface area contributed by atoms with Crippen molar-refractivity contribution in [1.82, 2.24) is 9.88 Å². The summed E-state index contributed by atoms with van der Waals surface area (Å²) in [4.78, 5) is 35.2. The van der Waals surface area contributed by atoms with Crippen LogP contribution < -0.4 is 11.1 Å². The van der Waals surface area contributed by atoms with Crippen LogP contribution in [0.4, 0.5) is 5.69 Å². The number of amides is 2. The van der Waals surface area contributed by atoms with Crippen LogP contribution in [0, 0.1) is 6.92 Å². The quantitative estimate of drug-likeness (QED) is 0.608. The number of furan rings is 1. The highest BCUT2D eigenvalue weighted by Gasteiger charge is 2.37. The molecule has 30 heavy (non-hydrogen) atoms. The van der Waals surface area contributed by atoms with Crippen LogP contribution >= 0.6 is 15.9 Å². The molecule has 2 aromatic heterocycles. The Morgan fingerprint density at radius 2 is 2.10 bits per heavy atom. The number of rotatable bonds is 3. The molecule has 0 saturated heterocycles. The number of nitrogens with one attached hydrogen (secondary N) is 1. The molecular formula is C21H20BrN5O3. The minimum atomic E-state index is -0.907. The van der Waals surface area contributed by atoms with Crippen LogP contribution in [0.3, 0.4) is 0 Å². The topological polar surface area (TPSA) is 114 Å². The number of aliphatic imine (C=N–C) groups is 1. The van der Waals surface area contributed by atoms with E-state index < -0.39 is 5.54 Å². The molecule has 3 heterocycles. The second kappa shape index (κ2) is 7.24. The predicted octanol–water partition coefficient (Wildman–Crippen LogP) is 3.54. The number of nitrogens with zero attached hydrogens (tertiary/aromatic N) is 3. The van der Waals surface area contributed by atoms with Gasteiger partial charge in [0.2, 0.25) is 5.91 Å². The van der Waals surface area contributed by atoms with Gasteiger partial charge in [0.05, 0.1) is 12.1 Å². The number of fused-ring (bicyclic) bond motifs is 1. The lowest BCUT2D eigenvalue weighted by molar-refractivity contribution is -0.128. The molecule has 3 N–H and O–H groups in total. The number of pyridine rings is 1.